The lowest BCUT2D eigenvalue weighted by Gasteiger charge is -2.03. The smallest absolute Gasteiger partial charge is 0.345 e. The summed E-state index contributed by atoms with van der Waals surface area (Å²) in [5, 5.41) is 0. The maximum Gasteiger partial charge on any atom is 0.345 e. The molecule has 5 heteroatoms. The van der Waals surface area contributed by atoms with Gasteiger partial charge in [-0.15, -0.1) is 0 Å². The molecule has 0 spiro atoms. The van der Waals surface area contributed by atoms with E-state index in [9.17, 15) is 4.79 Å². The van der Waals surface area contributed by atoms with E-state index in [1.54, 1.807) is 37.4 Å². The Morgan fingerprint density at radius 1 is 1.29 bits per heavy atom. The molecule has 0 saturated heterocycles. The van der Waals surface area contributed by atoms with Crippen LogP contribution in [-0.4, -0.2) is 15.9 Å². The van der Waals surface area contributed by atoms with Crippen LogP contribution in [0.3, 0.4) is 0 Å². The van der Waals surface area contributed by atoms with Gasteiger partial charge < -0.3 is 4.74 Å². The molecular weight excluding hydrogens is 284 g/mol. The Balaban J connectivity index is 2.16. The molecule has 1 aromatic carbocycles. The number of benzene rings is 1. The number of esters is 1. The SMILES string of the molecule is Cc1nc(OC(=O)c2ccccc2)ncc1Br. The summed E-state index contributed by atoms with van der Waals surface area (Å²) < 4.78 is 5.83. The van der Waals surface area contributed by atoms with Crippen molar-refractivity contribution >= 4 is 21.9 Å². The molecule has 1 heterocycles. The van der Waals surface area contributed by atoms with Gasteiger partial charge >= 0.3 is 12.0 Å². The van der Waals surface area contributed by atoms with Gasteiger partial charge in [0.15, 0.2) is 0 Å². The molecule has 0 aliphatic rings. The zero-order valence-electron chi connectivity index (χ0n) is 9.05. The van der Waals surface area contributed by atoms with Crippen molar-refractivity contribution < 1.29 is 9.53 Å². The van der Waals surface area contributed by atoms with E-state index >= 15 is 0 Å². The highest BCUT2D eigenvalue weighted by molar-refractivity contribution is 9.10. The fourth-order valence-corrected chi connectivity index (χ4v) is 1.39. The third kappa shape index (κ3) is 2.88. The Labute approximate surface area is 107 Å². The number of hydrogen-bond donors (Lipinski definition) is 0. The monoisotopic (exact) mass is 292 g/mol. The van der Waals surface area contributed by atoms with Gasteiger partial charge in [0.05, 0.1) is 15.7 Å². The van der Waals surface area contributed by atoms with Gasteiger partial charge in [0.25, 0.3) is 0 Å². The molecular formula is C12H9BrN2O2. The zero-order chi connectivity index (χ0) is 12.3. The van der Waals surface area contributed by atoms with Crippen LogP contribution in [0.2, 0.25) is 0 Å². The van der Waals surface area contributed by atoms with Crippen LogP contribution in [-0.2, 0) is 0 Å². The predicted octanol–water partition coefficient (Wildman–Crippen LogP) is 2.77. The maximum absolute atomic E-state index is 11.7. The summed E-state index contributed by atoms with van der Waals surface area (Å²) in [4.78, 5) is 19.6. The molecule has 1 aromatic heterocycles. The first kappa shape index (κ1) is 11.7. The first-order valence-corrected chi connectivity index (χ1v) is 5.72. The quantitative estimate of drug-likeness (QED) is 0.799. The first-order chi connectivity index (χ1) is 8.16. The largest absolute Gasteiger partial charge is 0.387 e. The molecule has 4 nitrogen and oxygen atoms in total. The number of nitrogens with zero attached hydrogens (tertiary/aromatic N) is 2. The molecule has 0 radical (unpaired) electrons. The molecule has 17 heavy (non-hydrogen) atoms. The van der Waals surface area contributed by atoms with Crippen molar-refractivity contribution in [3.8, 4) is 6.01 Å². The number of halogens is 1. The van der Waals surface area contributed by atoms with E-state index in [-0.39, 0.29) is 6.01 Å². The number of aryl methyl sites for hydroxylation is 1. The molecule has 0 amide bonds. The molecule has 0 bridgehead atoms. The number of ether oxygens (including phenoxy) is 1. The van der Waals surface area contributed by atoms with Gasteiger partial charge in [0.1, 0.15) is 0 Å². The van der Waals surface area contributed by atoms with Crippen LogP contribution in [0.15, 0.2) is 41.0 Å². The van der Waals surface area contributed by atoms with E-state index in [0.717, 1.165) is 10.2 Å². The minimum atomic E-state index is -0.465. The van der Waals surface area contributed by atoms with Crippen LogP contribution in [0.1, 0.15) is 16.1 Å². The second-order valence-corrected chi connectivity index (χ2v) is 4.20. The molecule has 0 atom stereocenters. The van der Waals surface area contributed by atoms with Gasteiger partial charge in [-0.2, -0.15) is 4.98 Å². The van der Waals surface area contributed by atoms with Gasteiger partial charge in [0.2, 0.25) is 0 Å². The predicted molar refractivity (Wildman–Crippen MR) is 65.9 cm³/mol. The van der Waals surface area contributed by atoms with E-state index in [2.05, 4.69) is 25.9 Å². The summed E-state index contributed by atoms with van der Waals surface area (Å²) in [6, 6.07) is 8.77. The number of hydrogen-bond acceptors (Lipinski definition) is 4. The Morgan fingerprint density at radius 2 is 2.00 bits per heavy atom. The maximum atomic E-state index is 11.7. The third-order valence-electron chi connectivity index (χ3n) is 2.09. The van der Waals surface area contributed by atoms with Crippen molar-refractivity contribution in [1.82, 2.24) is 9.97 Å². The highest BCUT2D eigenvalue weighted by atomic mass is 79.9. The highest BCUT2D eigenvalue weighted by Crippen LogP contribution is 2.15. The van der Waals surface area contributed by atoms with Crippen LogP contribution >= 0.6 is 15.9 Å². The van der Waals surface area contributed by atoms with Crippen molar-refractivity contribution in [2.45, 2.75) is 6.92 Å². The van der Waals surface area contributed by atoms with Crippen molar-refractivity contribution in [2.24, 2.45) is 0 Å². The Kier molecular flexibility index (Phi) is 3.49. The Hall–Kier alpha value is -1.75. The molecule has 2 aromatic rings. The summed E-state index contributed by atoms with van der Waals surface area (Å²) in [5.41, 5.74) is 1.19. The van der Waals surface area contributed by atoms with Crippen molar-refractivity contribution in [2.75, 3.05) is 0 Å². The molecule has 0 fully saturated rings. The number of carbonyl (C=O) groups is 1. The molecule has 0 aliphatic heterocycles. The van der Waals surface area contributed by atoms with Gasteiger partial charge in [-0.25, -0.2) is 9.78 Å². The first-order valence-electron chi connectivity index (χ1n) is 4.93. The average molecular weight is 293 g/mol. The molecule has 0 saturated carbocycles. The third-order valence-corrected chi connectivity index (χ3v) is 2.87. The van der Waals surface area contributed by atoms with Crippen LogP contribution in [0.4, 0.5) is 0 Å². The van der Waals surface area contributed by atoms with Gasteiger partial charge in [-0.05, 0) is 35.0 Å². The van der Waals surface area contributed by atoms with E-state index < -0.39 is 5.97 Å². The molecule has 2 rings (SSSR count). The minimum Gasteiger partial charge on any atom is -0.387 e. The lowest BCUT2D eigenvalue weighted by atomic mass is 10.2. The standard InChI is InChI=1S/C12H9BrN2O2/c1-8-10(13)7-14-12(15-8)17-11(16)9-5-3-2-4-6-9/h2-7H,1H3. The molecule has 0 aliphatic carbocycles. The van der Waals surface area contributed by atoms with Gasteiger partial charge in [0, 0.05) is 6.20 Å². The topological polar surface area (TPSA) is 52.1 Å². The molecule has 86 valence electrons. The van der Waals surface area contributed by atoms with Crippen molar-refractivity contribution in [3.63, 3.8) is 0 Å². The Morgan fingerprint density at radius 3 is 2.65 bits per heavy atom. The fraction of sp³-hybridized carbons (Fsp3) is 0.0833. The van der Waals surface area contributed by atoms with Crippen molar-refractivity contribution in [3.05, 3.63) is 52.3 Å². The number of rotatable bonds is 2. The lowest BCUT2D eigenvalue weighted by molar-refractivity contribution is 0.0719. The van der Waals surface area contributed by atoms with E-state index in [1.807, 2.05) is 6.07 Å². The van der Waals surface area contributed by atoms with Gasteiger partial charge in [-0.1, -0.05) is 18.2 Å². The van der Waals surface area contributed by atoms with Crippen LogP contribution in [0, 0.1) is 6.92 Å². The highest BCUT2D eigenvalue weighted by Gasteiger charge is 2.10. The van der Waals surface area contributed by atoms with Crippen molar-refractivity contribution in [1.29, 1.82) is 0 Å². The number of carbonyl (C=O) groups excluding carboxylic acids is 1. The Bertz CT molecular complexity index is 543. The molecule has 0 N–H and O–H groups in total. The fourth-order valence-electron chi connectivity index (χ4n) is 1.20. The lowest BCUT2D eigenvalue weighted by Crippen LogP contribution is -2.10. The van der Waals surface area contributed by atoms with Gasteiger partial charge in [-0.3, -0.25) is 0 Å². The zero-order valence-corrected chi connectivity index (χ0v) is 10.6. The summed E-state index contributed by atoms with van der Waals surface area (Å²) in [5.74, 6) is -0.465. The second kappa shape index (κ2) is 5.05. The summed E-state index contributed by atoms with van der Waals surface area (Å²) in [6.45, 7) is 1.80. The summed E-state index contributed by atoms with van der Waals surface area (Å²) in [6.07, 6.45) is 1.55. The summed E-state index contributed by atoms with van der Waals surface area (Å²) >= 11 is 3.28. The van der Waals surface area contributed by atoms with E-state index in [4.69, 9.17) is 4.74 Å². The molecule has 0 unspecified atom stereocenters. The summed E-state index contributed by atoms with van der Waals surface area (Å²) in [7, 11) is 0. The van der Waals surface area contributed by atoms with Crippen LogP contribution in [0.5, 0.6) is 6.01 Å². The van der Waals surface area contributed by atoms with E-state index in [1.165, 1.54) is 0 Å². The van der Waals surface area contributed by atoms with Crippen LogP contribution in [0.25, 0.3) is 0 Å². The van der Waals surface area contributed by atoms with Crippen LogP contribution < -0.4 is 4.74 Å². The normalized spacial score (nSPS) is 10.0. The average Bonchev–Trinajstić information content (AvgIpc) is 2.35. The second-order valence-electron chi connectivity index (χ2n) is 3.34. The minimum absolute atomic E-state index is 0.0551. The number of aromatic nitrogens is 2. The van der Waals surface area contributed by atoms with E-state index in [0.29, 0.717) is 5.56 Å².